The highest BCUT2D eigenvalue weighted by atomic mass is 35.5. The maximum absolute atomic E-state index is 11.7. The highest BCUT2D eigenvalue weighted by molar-refractivity contribution is 6.31. The number of hydrogen-bond acceptors (Lipinski definition) is 5. The molecule has 0 spiro atoms. The van der Waals surface area contributed by atoms with Crippen molar-refractivity contribution in [2.24, 2.45) is 5.10 Å². The first kappa shape index (κ1) is 17.4. The van der Waals surface area contributed by atoms with E-state index in [1.807, 2.05) is 13.0 Å². The summed E-state index contributed by atoms with van der Waals surface area (Å²) >= 11 is 6.00. The van der Waals surface area contributed by atoms with Gasteiger partial charge in [0.1, 0.15) is 0 Å². The van der Waals surface area contributed by atoms with Crippen molar-refractivity contribution in [3.8, 4) is 0 Å². The van der Waals surface area contributed by atoms with Gasteiger partial charge in [-0.3, -0.25) is 14.9 Å². The Morgan fingerprint density at radius 1 is 1.33 bits per heavy atom. The minimum absolute atomic E-state index is 0.0213. The predicted molar refractivity (Wildman–Crippen MR) is 93.5 cm³/mol. The molecule has 0 saturated heterocycles. The van der Waals surface area contributed by atoms with Crippen molar-refractivity contribution in [3.05, 3.63) is 68.7 Å². The van der Waals surface area contributed by atoms with Gasteiger partial charge in [-0.05, 0) is 24.6 Å². The number of carbonyl (C=O) groups excluding carboxylic acids is 1. The van der Waals surface area contributed by atoms with Gasteiger partial charge in [0, 0.05) is 28.4 Å². The molecule has 2 aromatic carbocycles. The first-order chi connectivity index (χ1) is 11.5. The Morgan fingerprint density at radius 2 is 2.08 bits per heavy atom. The van der Waals surface area contributed by atoms with Gasteiger partial charge in [0.2, 0.25) is 0 Å². The molecule has 0 fully saturated rings. The summed E-state index contributed by atoms with van der Waals surface area (Å²) in [4.78, 5) is 21.9. The quantitative estimate of drug-likeness (QED) is 0.477. The van der Waals surface area contributed by atoms with Gasteiger partial charge in [-0.25, -0.2) is 5.43 Å². The average molecular weight is 347 g/mol. The van der Waals surface area contributed by atoms with Crippen LogP contribution >= 0.6 is 11.6 Å². The summed E-state index contributed by atoms with van der Waals surface area (Å²) in [6.07, 6.45) is 1.34. The van der Waals surface area contributed by atoms with Crippen LogP contribution in [0.15, 0.2) is 47.6 Å². The lowest BCUT2D eigenvalue weighted by atomic mass is 10.2. The number of nitro benzene ring substituents is 1. The Labute approximate surface area is 143 Å². The van der Waals surface area contributed by atoms with Crippen molar-refractivity contribution in [2.75, 3.05) is 11.9 Å². The Bertz CT molecular complexity index is 793. The van der Waals surface area contributed by atoms with Gasteiger partial charge in [0.25, 0.3) is 11.6 Å². The molecule has 0 aliphatic heterocycles. The lowest BCUT2D eigenvalue weighted by Gasteiger charge is -2.09. The number of non-ortho nitro benzene ring substituents is 1. The summed E-state index contributed by atoms with van der Waals surface area (Å²) in [7, 11) is 0. The van der Waals surface area contributed by atoms with E-state index in [4.69, 9.17) is 11.6 Å². The Balaban J connectivity index is 1.88. The maximum atomic E-state index is 11.7. The van der Waals surface area contributed by atoms with E-state index in [0.29, 0.717) is 10.6 Å². The third-order valence-corrected chi connectivity index (χ3v) is 3.60. The van der Waals surface area contributed by atoms with E-state index in [1.54, 1.807) is 24.3 Å². The van der Waals surface area contributed by atoms with Crippen LogP contribution in [-0.2, 0) is 4.79 Å². The standard InChI is InChI=1S/C16H15ClN4O3/c1-11-14(17)6-3-7-15(11)18-10-16(22)20-19-9-12-4-2-5-13(8-12)21(23)24/h2-9,18H,10H2,1H3,(H,20,22). The summed E-state index contributed by atoms with van der Waals surface area (Å²) in [6.45, 7) is 1.87. The number of benzene rings is 2. The second kappa shape index (κ2) is 8.07. The number of hydrazone groups is 1. The minimum atomic E-state index is -0.493. The molecule has 0 bridgehead atoms. The van der Waals surface area contributed by atoms with Crippen LogP contribution in [0.2, 0.25) is 5.02 Å². The lowest BCUT2D eigenvalue weighted by Crippen LogP contribution is -2.26. The van der Waals surface area contributed by atoms with Gasteiger partial charge in [0.05, 0.1) is 17.7 Å². The second-order valence-electron chi connectivity index (χ2n) is 4.91. The molecule has 0 aliphatic rings. The van der Waals surface area contributed by atoms with Crippen molar-refractivity contribution in [1.82, 2.24) is 5.43 Å². The van der Waals surface area contributed by atoms with Crippen molar-refractivity contribution in [2.45, 2.75) is 6.92 Å². The minimum Gasteiger partial charge on any atom is -0.376 e. The van der Waals surface area contributed by atoms with E-state index < -0.39 is 4.92 Å². The Morgan fingerprint density at radius 3 is 2.83 bits per heavy atom. The van der Waals surface area contributed by atoms with E-state index >= 15 is 0 Å². The fourth-order valence-electron chi connectivity index (χ4n) is 1.91. The summed E-state index contributed by atoms with van der Waals surface area (Å²) < 4.78 is 0. The van der Waals surface area contributed by atoms with E-state index in [1.165, 1.54) is 18.3 Å². The molecule has 0 heterocycles. The van der Waals surface area contributed by atoms with E-state index in [2.05, 4.69) is 15.8 Å². The van der Waals surface area contributed by atoms with Gasteiger partial charge in [0.15, 0.2) is 0 Å². The number of hydrogen-bond donors (Lipinski definition) is 2. The normalized spacial score (nSPS) is 10.6. The van der Waals surface area contributed by atoms with Gasteiger partial charge in [-0.1, -0.05) is 29.8 Å². The molecule has 0 radical (unpaired) electrons. The molecule has 0 saturated carbocycles. The number of rotatable bonds is 6. The number of amides is 1. The van der Waals surface area contributed by atoms with Crippen molar-refractivity contribution in [1.29, 1.82) is 0 Å². The molecule has 0 unspecified atom stereocenters. The lowest BCUT2D eigenvalue weighted by molar-refractivity contribution is -0.384. The maximum Gasteiger partial charge on any atom is 0.270 e. The number of nitro groups is 1. The summed E-state index contributed by atoms with van der Waals surface area (Å²) in [5.74, 6) is -0.351. The highest BCUT2D eigenvalue weighted by Crippen LogP contribution is 2.22. The first-order valence-electron chi connectivity index (χ1n) is 7.02. The molecule has 2 aromatic rings. The van der Waals surface area contributed by atoms with Crippen molar-refractivity contribution >= 4 is 35.1 Å². The van der Waals surface area contributed by atoms with Crippen LogP contribution < -0.4 is 10.7 Å². The zero-order chi connectivity index (χ0) is 17.5. The molecule has 124 valence electrons. The molecule has 0 atom stereocenters. The van der Waals surface area contributed by atoms with E-state index in [9.17, 15) is 14.9 Å². The highest BCUT2D eigenvalue weighted by Gasteiger charge is 2.05. The Hall–Kier alpha value is -2.93. The largest absolute Gasteiger partial charge is 0.376 e. The van der Waals surface area contributed by atoms with Gasteiger partial charge in [-0.15, -0.1) is 0 Å². The molecular formula is C16H15ClN4O3. The topological polar surface area (TPSA) is 96.6 Å². The van der Waals surface area contributed by atoms with Crippen molar-refractivity contribution in [3.63, 3.8) is 0 Å². The van der Waals surface area contributed by atoms with Crippen LogP contribution in [0.3, 0.4) is 0 Å². The van der Waals surface area contributed by atoms with Crippen molar-refractivity contribution < 1.29 is 9.72 Å². The zero-order valence-corrected chi connectivity index (χ0v) is 13.6. The predicted octanol–water partition coefficient (Wildman–Crippen LogP) is 3.12. The zero-order valence-electron chi connectivity index (χ0n) is 12.8. The summed E-state index contributed by atoms with van der Waals surface area (Å²) in [5.41, 5.74) is 4.45. The number of carbonyl (C=O) groups is 1. The summed E-state index contributed by atoms with van der Waals surface area (Å²) in [5, 5.41) is 18.0. The first-order valence-corrected chi connectivity index (χ1v) is 7.40. The molecule has 0 aromatic heterocycles. The van der Waals surface area contributed by atoms with Crippen LogP contribution in [0.1, 0.15) is 11.1 Å². The fourth-order valence-corrected chi connectivity index (χ4v) is 2.09. The molecule has 2 N–H and O–H groups in total. The van der Waals surface area contributed by atoms with Crippen LogP contribution in [0.5, 0.6) is 0 Å². The third kappa shape index (κ3) is 4.79. The fraction of sp³-hybridized carbons (Fsp3) is 0.125. The average Bonchev–Trinajstić information content (AvgIpc) is 2.56. The SMILES string of the molecule is Cc1c(Cl)cccc1NCC(=O)NN=Cc1cccc([N+](=O)[O-])c1. The van der Waals surface area contributed by atoms with Gasteiger partial charge >= 0.3 is 0 Å². The summed E-state index contributed by atoms with van der Waals surface area (Å²) in [6, 6.07) is 11.3. The van der Waals surface area contributed by atoms with Crippen LogP contribution in [-0.4, -0.2) is 23.6 Å². The number of anilines is 1. The molecule has 0 aliphatic carbocycles. The smallest absolute Gasteiger partial charge is 0.270 e. The Kier molecular flexibility index (Phi) is 5.86. The number of nitrogens with one attached hydrogen (secondary N) is 2. The molecule has 2 rings (SSSR count). The van der Waals surface area contributed by atoms with E-state index in [0.717, 1.165) is 11.3 Å². The number of halogens is 1. The second-order valence-corrected chi connectivity index (χ2v) is 5.32. The van der Waals surface area contributed by atoms with E-state index in [-0.39, 0.29) is 18.1 Å². The van der Waals surface area contributed by atoms with Crippen LogP contribution in [0, 0.1) is 17.0 Å². The van der Waals surface area contributed by atoms with Crippen LogP contribution in [0.4, 0.5) is 11.4 Å². The molecule has 7 nitrogen and oxygen atoms in total. The molecule has 1 amide bonds. The molecule has 24 heavy (non-hydrogen) atoms. The molecule has 8 heteroatoms. The molecular weight excluding hydrogens is 332 g/mol. The third-order valence-electron chi connectivity index (χ3n) is 3.19. The van der Waals surface area contributed by atoms with Crippen LogP contribution in [0.25, 0.3) is 0 Å². The van der Waals surface area contributed by atoms with Gasteiger partial charge in [-0.2, -0.15) is 5.10 Å². The van der Waals surface area contributed by atoms with Gasteiger partial charge < -0.3 is 5.32 Å². The number of nitrogens with zero attached hydrogens (tertiary/aromatic N) is 2. The monoisotopic (exact) mass is 346 g/mol.